The minimum absolute atomic E-state index is 0.0255. The van der Waals surface area contributed by atoms with Crippen LogP contribution in [0.15, 0.2) is 16.4 Å². The number of carbonyl (C=O) groups excluding carboxylic acids is 1. The zero-order valence-electron chi connectivity index (χ0n) is 5.11. The molecule has 10 heavy (non-hydrogen) atoms. The number of thiazole rings is 1. The quantitative estimate of drug-likeness (QED) is 0.624. The van der Waals surface area contributed by atoms with Crippen LogP contribution in [-0.4, -0.2) is 10.5 Å². The van der Waals surface area contributed by atoms with Gasteiger partial charge in [0, 0.05) is 11.6 Å². The molecule has 0 aliphatic rings. The molecule has 1 aromatic heterocycles. The van der Waals surface area contributed by atoms with Gasteiger partial charge in [-0.2, -0.15) is 0 Å². The van der Waals surface area contributed by atoms with Crippen LogP contribution in [0, 0.1) is 0 Å². The Labute approximate surface area is 60.9 Å². The summed E-state index contributed by atoms with van der Waals surface area (Å²) in [6.45, 7) is -0.0255. The van der Waals surface area contributed by atoms with Crippen LogP contribution >= 0.6 is 11.3 Å². The van der Waals surface area contributed by atoms with Gasteiger partial charge in [0.25, 0.3) is 0 Å². The number of nitrogens with zero attached hydrogens (tertiary/aromatic N) is 1. The minimum atomic E-state index is -0.500. The van der Waals surface area contributed by atoms with Crippen LogP contribution in [0.5, 0.6) is 0 Å². The smallest absolute Gasteiger partial charge is 0.307 e. The van der Waals surface area contributed by atoms with E-state index in [1.54, 1.807) is 5.38 Å². The molecule has 1 amide bonds. The summed E-state index contributed by atoms with van der Waals surface area (Å²) < 4.78 is 1.27. The first-order chi connectivity index (χ1) is 4.70. The molecule has 4 nitrogen and oxygen atoms in total. The molecule has 2 N–H and O–H groups in total. The molecule has 0 aromatic carbocycles. The Hall–Kier alpha value is -1.10. The van der Waals surface area contributed by atoms with Crippen molar-refractivity contribution in [1.82, 2.24) is 4.57 Å². The van der Waals surface area contributed by atoms with Crippen molar-refractivity contribution in [3.05, 3.63) is 21.2 Å². The van der Waals surface area contributed by atoms with Crippen molar-refractivity contribution in [2.75, 3.05) is 0 Å². The molecule has 0 spiro atoms. The Kier molecular flexibility index (Phi) is 1.86. The van der Waals surface area contributed by atoms with Crippen LogP contribution in [0.3, 0.4) is 0 Å². The number of nitrogens with two attached hydrogens (primary N) is 1. The number of rotatable bonds is 2. The van der Waals surface area contributed by atoms with E-state index in [-0.39, 0.29) is 11.4 Å². The molecular weight excluding hydrogens is 152 g/mol. The average Bonchev–Trinajstić information content (AvgIpc) is 2.15. The molecule has 1 aromatic rings. The van der Waals surface area contributed by atoms with Crippen LogP contribution < -0.4 is 10.6 Å². The third-order valence-electron chi connectivity index (χ3n) is 0.970. The maximum absolute atomic E-state index is 10.7. The SMILES string of the molecule is NC(=O)Cn1ccsc1=O. The van der Waals surface area contributed by atoms with Crippen LogP contribution in [0.1, 0.15) is 0 Å². The van der Waals surface area contributed by atoms with Crippen LogP contribution in [0.25, 0.3) is 0 Å². The van der Waals surface area contributed by atoms with Crippen molar-refractivity contribution < 1.29 is 4.79 Å². The molecule has 0 aliphatic heterocycles. The largest absolute Gasteiger partial charge is 0.368 e. The normalized spacial score (nSPS) is 9.60. The van der Waals surface area contributed by atoms with Crippen LogP contribution in [0.2, 0.25) is 0 Å². The molecule has 0 unspecified atom stereocenters. The third kappa shape index (κ3) is 1.44. The zero-order chi connectivity index (χ0) is 7.56. The van der Waals surface area contributed by atoms with Crippen molar-refractivity contribution in [1.29, 1.82) is 0 Å². The molecular formula is C5H6N2O2S. The van der Waals surface area contributed by atoms with E-state index in [1.807, 2.05) is 0 Å². The third-order valence-corrected chi connectivity index (χ3v) is 1.66. The van der Waals surface area contributed by atoms with E-state index in [9.17, 15) is 9.59 Å². The summed E-state index contributed by atoms with van der Waals surface area (Å²) in [5.41, 5.74) is 4.86. The Morgan fingerprint density at radius 2 is 2.50 bits per heavy atom. The second kappa shape index (κ2) is 2.66. The molecule has 1 heterocycles. The summed E-state index contributed by atoms with van der Waals surface area (Å²) in [6, 6.07) is 0. The van der Waals surface area contributed by atoms with Gasteiger partial charge in [-0.1, -0.05) is 11.3 Å². The van der Waals surface area contributed by atoms with Gasteiger partial charge < -0.3 is 5.73 Å². The van der Waals surface area contributed by atoms with E-state index in [1.165, 1.54) is 10.8 Å². The highest BCUT2D eigenvalue weighted by molar-refractivity contribution is 7.07. The fourth-order valence-electron chi connectivity index (χ4n) is 0.576. The van der Waals surface area contributed by atoms with Crippen molar-refractivity contribution >= 4 is 17.2 Å². The van der Waals surface area contributed by atoms with E-state index in [2.05, 4.69) is 0 Å². The van der Waals surface area contributed by atoms with Crippen molar-refractivity contribution in [2.45, 2.75) is 6.54 Å². The molecule has 0 atom stereocenters. The topological polar surface area (TPSA) is 65.1 Å². The molecule has 0 fully saturated rings. The van der Waals surface area contributed by atoms with Gasteiger partial charge in [-0.3, -0.25) is 14.2 Å². The highest BCUT2D eigenvalue weighted by atomic mass is 32.1. The predicted octanol–water partition coefficient (Wildman–Crippen LogP) is -0.605. The van der Waals surface area contributed by atoms with Gasteiger partial charge in [0.05, 0.1) is 0 Å². The summed E-state index contributed by atoms with van der Waals surface area (Å²) in [4.78, 5) is 20.9. The number of primary amides is 1. The number of aromatic nitrogens is 1. The second-order valence-corrected chi connectivity index (χ2v) is 2.62. The maximum atomic E-state index is 10.7. The lowest BCUT2D eigenvalue weighted by Gasteiger charge is -1.92. The zero-order valence-corrected chi connectivity index (χ0v) is 5.93. The van der Waals surface area contributed by atoms with Crippen molar-refractivity contribution in [2.24, 2.45) is 5.73 Å². The van der Waals surface area contributed by atoms with Gasteiger partial charge in [-0.25, -0.2) is 0 Å². The minimum Gasteiger partial charge on any atom is -0.368 e. The van der Waals surface area contributed by atoms with Crippen molar-refractivity contribution in [3.63, 3.8) is 0 Å². The molecule has 0 saturated heterocycles. The number of hydrogen-bond acceptors (Lipinski definition) is 3. The van der Waals surface area contributed by atoms with Crippen molar-refractivity contribution in [3.8, 4) is 0 Å². The van der Waals surface area contributed by atoms with Crippen LogP contribution in [-0.2, 0) is 11.3 Å². The summed E-state index contributed by atoms with van der Waals surface area (Å²) in [6.07, 6.45) is 1.54. The summed E-state index contributed by atoms with van der Waals surface area (Å²) in [5.74, 6) is -0.500. The molecule has 1 rings (SSSR count). The number of hydrogen-bond donors (Lipinski definition) is 1. The van der Waals surface area contributed by atoms with Gasteiger partial charge in [0.1, 0.15) is 6.54 Å². The average molecular weight is 158 g/mol. The summed E-state index contributed by atoms with van der Waals surface area (Å²) >= 11 is 1.05. The molecule has 0 bridgehead atoms. The Balaban J connectivity index is 2.85. The monoisotopic (exact) mass is 158 g/mol. The molecule has 0 saturated carbocycles. The lowest BCUT2D eigenvalue weighted by Crippen LogP contribution is -2.23. The van der Waals surface area contributed by atoms with E-state index in [0.717, 1.165) is 11.3 Å². The predicted molar refractivity (Wildman–Crippen MR) is 37.8 cm³/mol. The first-order valence-corrected chi connectivity index (χ1v) is 3.50. The molecule has 54 valence electrons. The van der Waals surface area contributed by atoms with Gasteiger partial charge >= 0.3 is 4.87 Å². The lowest BCUT2D eigenvalue weighted by molar-refractivity contribution is -0.118. The Morgan fingerprint density at radius 1 is 1.80 bits per heavy atom. The van der Waals surface area contributed by atoms with E-state index in [4.69, 9.17) is 5.73 Å². The fraction of sp³-hybridized carbons (Fsp3) is 0.200. The van der Waals surface area contributed by atoms with Gasteiger partial charge in [0.2, 0.25) is 5.91 Å². The Bertz CT molecular complexity index is 288. The standard InChI is InChI=1S/C5H6N2O2S/c6-4(8)3-7-1-2-10-5(7)9/h1-2H,3H2,(H2,6,8). The highest BCUT2D eigenvalue weighted by Gasteiger charge is 1.98. The van der Waals surface area contributed by atoms with Gasteiger partial charge in [-0.15, -0.1) is 0 Å². The Morgan fingerprint density at radius 3 is 2.90 bits per heavy atom. The second-order valence-electron chi connectivity index (χ2n) is 1.76. The molecule has 5 heteroatoms. The first-order valence-electron chi connectivity index (χ1n) is 2.62. The van der Waals surface area contributed by atoms with E-state index in [0.29, 0.717) is 0 Å². The maximum Gasteiger partial charge on any atom is 0.307 e. The van der Waals surface area contributed by atoms with Gasteiger partial charge in [0.15, 0.2) is 0 Å². The first kappa shape index (κ1) is 7.01. The fourth-order valence-corrected chi connectivity index (χ4v) is 1.16. The van der Waals surface area contributed by atoms with Crippen LogP contribution in [0.4, 0.5) is 0 Å². The van der Waals surface area contributed by atoms with Gasteiger partial charge in [-0.05, 0) is 0 Å². The molecule has 0 aliphatic carbocycles. The number of carbonyl (C=O) groups is 1. The van der Waals surface area contributed by atoms with E-state index < -0.39 is 5.91 Å². The van der Waals surface area contributed by atoms with E-state index >= 15 is 0 Å². The summed E-state index contributed by atoms with van der Waals surface area (Å²) in [5, 5.41) is 1.62. The highest BCUT2D eigenvalue weighted by Crippen LogP contribution is 1.87. The summed E-state index contributed by atoms with van der Waals surface area (Å²) in [7, 11) is 0. The number of amides is 1. The lowest BCUT2D eigenvalue weighted by atomic mass is 10.6. The molecule has 0 radical (unpaired) electrons.